The van der Waals surface area contributed by atoms with Gasteiger partial charge in [-0.3, -0.25) is 0 Å². The molecular weight excluding hydrogens is 320 g/mol. The second-order valence-electron chi connectivity index (χ2n) is 6.13. The fraction of sp³-hybridized carbons (Fsp3) is 0.333. The van der Waals surface area contributed by atoms with E-state index in [9.17, 15) is 10.1 Å². The SMILES string of the molecule is CN(C)C(CNC(=O)N1Cc2cccc(C#N)c2C1)c1ccsc1. The molecule has 0 bridgehead atoms. The van der Waals surface area contributed by atoms with Gasteiger partial charge in [0.2, 0.25) is 0 Å². The minimum Gasteiger partial charge on any atom is -0.336 e. The summed E-state index contributed by atoms with van der Waals surface area (Å²) in [7, 11) is 4.03. The van der Waals surface area contributed by atoms with E-state index in [4.69, 9.17) is 0 Å². The van der Waals surface area contributed by atoms with Gasteiger partial charge in [0, 0.05) is 19.6 Å². The molecule has 1 N–H and O–H groups in total. The van der Waals surface area contributed by atoms with E-state index >= 15 is 0 Å². The lowest BCUT2D eigenvalue weighted by molar-refractivity contribution is 0.193. The van der Waals surface area contributed by atoms with Crippen LogP contribution in [0, 0.1) is 11.3 Å². The standard InChI is InChI=1S/C18H20N4OS/c1-21(2)17(15-6-7-24-12-15)9-20-18(23)22-10-14-5-3-4-13(8-19)16(14)11-22/h3-7,12,17H,9-11H2,1-2H3,(H,20,23). The number of nitriles is 1. The van der Waals surface area contributed by atoms with Crippen molar-refractivity contribution in [1.82, 2.24) is 15.1 Å². The minimum atomic E-state index is -0.0860. The van der Waals surface area contributed by atoms with E-state index in [-0.39, 0.29) is 12.1 Å². The van der Waals surface area contributed by atoms with Crippen molar-refractivity contribution in [2.75, 3.05) is 20.6 Å². The molecule has 0 spiro atoms. The molecule has 1 aromatic carbocycles. The maximum Gasteiger partial charge on any atom is 0.318 e. The van der Waals surface area contributed by atoms with E-state index in [1.165, 1.54) is 5.56 Å². The molecule has 1 aromatic heterocycles. The molecule has 5 nitrogen and oxygen atoms in total. The largest absolute Gasteiger partial charge is 0.336 e. The number of carbonyl (C=O) groups is 1. The molecule has 1 aliphatic rings. The van der Waals surface area contributed by atoms with Gasteiger partial charge in [-0.05, 0) is 53.7 Å². The summed E-state index contributed by atoms with van der Waals surface area (Å²) in [4.78, 5) is 16.4. The monoisotopic (exact) mass is 340 g/mol. The first-order valence-corrected chi connectivity index (χ1v) is 8.76. The highest BCUT2D eigenvalue weighted by Crippen LogP contribution is 2.26. The normalized spacial score (nSPS) is 14.3. The van der Waals surface area contributed by atoms with Gasteiger partial charge in [-0.2, -0.15) is 16.6 Å². The molecule has 1 atom stereocenters. The zero-order valence-electron chi connectivity index (χ0n) is 13.8. The number of nitrogens with zero attached hydrogens (tertiary/aromatic N) is 3. The van der Waals surface area contributed by atoms with Gasteiger partial charge in [-0.1, -0.05) is 12.1 Å². The van der Waals surface area contributed by atoms with Crippen LogP contribution in [0.2, 0.25) is 0 Å². The van der Waals surface area contributed by atoms with Crippen molar-refractivity contribution in [3.8, 4) is 6.07 Å². The van der Waals surface area contributed by atoms with Crippen molar-refractivity contribution < 1.29 is 4.79 Å². The summed E-state index contributed by atoms with van der Waals surface area (Å²) in [6, 6.07) is 10.0. The van der Waals surface area contributed by atoms with Crippen molar-refractivity contribution in [2.24, 2.45) is 0 Å². The summed E-state index contributed by atoms with van der Waals surface area (Å²) in [6.07, 6.45) is 0. The molecule has 1 unspecified atom stereocenters. The van der Waals surface area contributed by atoms with Crippen LogP contribution in [-0.4, -0.2) is 36.5 Å². The van der Waals surface area contributed by atoms with Crippen molar-refractivity contribution in [3.05, 3.63) is 57.3 Å². The van der Waals surface area contributed by atoms with Gasteiger partial charge in [-0.25, -0.2) is 4.79 Å². The molecule has 0 saturated carbocycles. The topological polar surface area (TPSA) is 59.4 Å². The molecule has 2 aromatic rings. The number of nitrogens with one attached hydrogen (secondary N) is 1. The number of likely N-dealkylation sites (N-methyl/N-ethyl adjacent to an activating group) is 1. The zero-order chi connectivity index (χ0) is 17.1. The van der Waals surface area contributed by atoms with Crippen LogP contribution in [0.1, 0.15) is 28.3 Å². The van der Waals surface area contributed by atoms with Gasteiger partial charge < -0.3 is 15.1 Å². The Morgan fingerprint density at radius 2 is 2.25 bits per heavy atom. The number of hydrogen-bond donors (Lipinski definition) is 1. The molecule has 0 fully saturated rings. The maximum absolute atomic E-state index is 12.5. The van der Waals surface area contributed by atoms with Crippen LogP contribution in [0.5, 0.6) is 0 Å². The van der Waals surface area contributed by atoms with Gasteiger partial charge in [0.25, 0.3) is 0 Å². The average Bonchev–Trinajstić information content (AvgIpc) is 3.23. The number of amides is 2. The van der Waals surface area contributed by atoms with Crippen LogP contribution in [0.15, 0.2) is 35.0 Å². The average molecular weight is 340 g/mol. The molecule has 0 radical (unpaired) electrons. The number of hydrogen-bond acceptors (Lipinski definition) is 4. The first kappa shape index (κ1) is 16.5. The maximum atomic E-state index is 12.5. The highest BCUT2D eigenvalue weighted by atomic mass is 32.1. The Balaban J connectivity index is 1.63. The van der Waals surface area contributed by atoms with E-state index in [1.807, 2.05) is 31.6 Å². The lowest BCUT2D eigenvalue weighted by Crippen LogP contribution is -2.41. The summed E-state index contributed by atoms with van der Waals surface area (Å²) in [5, 5.41) is 16.4. The highest BCUT2D eigenvalue weighted by Gasteiger charge is 2.26. The predicted molar refractivity (Wildman–Crippen MR) is 94.5 cm³/mol. The molecule has 24 heavy (non-hydrogen) atoms. The second kappa shape index (κ2) is 7.04. The molecule has 6 heteroatoms. The summed E-state index contributed by atoms with van der Waals surface area (Å²) in [5.74, 6) is 0. The number of benzene rings is 1. The van der Waals surface area contributed by atoms with Crippen LogP contribution >= 0.6 is 11.3 Å². The van der Waals surface area contributed by atoms with E-state index in [1.54, 1.807) is 22.3 Å². The second-order valence-corrected chi connectivity index (χ2v) is 6.91. The Morgan fingerprint density at radius 1 is 1.42 bits per heavy atom. The van der Waals surface area contributed by atoms with Crippen LogP contribution in [-0.2, 0) is 13.1 Å². The Bertz CT molecular complexity index is 764. The summed E-state index contributed by atoms with van der Waals surface area (Å²) < 4.78 is 0. The van der Waals surface area contributed by atoms with Crippen molar-refractivity contribution >= 4 is 17.4 Å². The molecule has 3 rings (SSSR count). The van der Waals surface area contributed by atoms with Crippen molar-refractivity contribution in [3.63, 3.8) is 0 Å². The third kappa shape index (κ3) is 3.28. The van der Waals surface area contributed by atoms with Crippen molar-refractivity contribution in [1.29, 1.82) is 5.26 Å². The number of fused-ring (bicyclic) bond motifs is 1. The molecule has 124 valence electrons. The van der Waals surface area contributed by atoms with Crippen molar-refractivity contribution in [2.45, 2.75) is 19.1 Å². The first-order valence-electron chi connectivity index (χ1n) is 7.82. The number of rotatable bonds is 4. The van der Waals surface area contributed by atoms with Crippen LogP contribution < -0.4 is 5.32 Å². The molecule has 0 aliphatic carbocycles. The molecule has 0 saturated heterocycles. The Kier molecular flexibility index (Phi) is 4.84. The Labute approximate surface area is 146 Å². The van der Waals surface area contributed by atoms with Gasteiger partial charge in [0.1, 0.15) is 0 Å². The number of urea groups is 1. The third-order valence-electron chi connectivity index (χ3n) is 4.39. The van der Waals surface area contributed by atoms with Gasteiger partial charge in [0.05, 0.1) is 17.7 Å². The lowest BCUT2D eigenvalue weighted by atomic mass is 10.1. The van der Waals surface area contributed by atoms with Crippen LogP contribution in [0.4, 0.5) is 4.79 Å². The third-order valence-corrected chi connectivity index (χ3v) is 5.09. The highest BCUT2D eigenvalue weighted by molar-refractivity contribution is 7.07. The molecular formula is C18H20N4OS. The van der Waals surface area contributed by atoms with Gasteiger partial charge in [-0.15, -0.1) is 0 Å². The van der Waals surface area contributed by atoms with E-state index in [0.717, 1.165) is 11.1 Å². The molecule has 1 aliphatic heterocycles. The van der Waals surface area contributed by atoms with Gasteiger partial charge in [0.15, 0.2) is 0 Å². The summed E-state index contributed by atoms with van der Waals surface area (Å²) >= 11 is 1.66. The summed E-state index contributed by atoms with van der Waals surface area (Å²) in [5.41, 5.74) is 3.90. The Hall–Kier alpha value is -2.36. The minimum absolute atomic E-state index is 0.0860. The fourth-order valence-electron chi connectivity index (χ4n) is 3.03. The van der Waals surface area contributed by atoms with E-state index in [2.05, 4.69) is 27.7 Å². The first-order chi connectivity index (χ1) is 11.6. The molecule has 2 heterocycles. The Morgan fingerprint density at radius 3 is 2.92 bits per heavy atom. The van der Waals surface area contributed by atoms with Crippen LogP contribution in [0.25, 0.3) is 0 Å². The number of carbonyl (C=O) groups excluding carboxylic acids is 1. The predicted octanol–water partition coefficient (Wildman–Crippen LogP) is 2.95. The van der Waals surface area contributed by atoms with E-state index < -0.39 is 0 Å². The summed E-state index contributed by atoms with van der Waals surface area (Å²) in [6.45, 7) is 1.61. The number of thiophene rings is 1. The smallest absolute Gasteiger partial charge is 0.318 e. The lowest BCUT2D eigenvalue weighted by Gasteiger charge is -2.25. The zero-order valence-corrected chi connectivity index (χ0v) is 14.6. The quantitative estimate of drug-likeness (QED) is 0.931. The van der Waals surface area contributed by atoms with Crippen LogP contribution in [0.3, 0.4) is 0 Å². The van der Waals surface area contributed by atoms with Gasteiger partial charge >= 0.3 is 6.03 Å². The molecule has 2 amide bonds. The van der Waals surface area contributed by atoms with E-state index in [0.29, 0.717) is 25.2 Å². The fourth-order valence-corrected chi connectivity index (χ4v) is 3.74.